The molecule has 0 aromatic heterocycles. The molecule has 2 atom stereocenters. The number of amides is 1. The van der Waals surface area contributed by atoms with Crippen LogP contribution in [0.2, 0.25) is 0 Å². The Hall–Kier alpha value is -0.610. The first-order valence-corrected chi connectivity index (χ1v) is 7.43. The van der Waals surface area contributed by atoms with Crippen molar-refractivity contribution in [2.45, 2.75) is 70.0 Å². The second-order valence-corrected chi connectivity index (χ2v) is 5.79. The minimum absolute atomic E-state index is 0.166. The van der Waals surface area contributed by atoms with E-state index in [0.29, 0.717) is 6.04 Å². The van der Waals surface area contributed by atoms with Crippen molar-refractivity contribution in [1.29, 1.82) is 0 Å². The molecule has 0 spiro atoms. The lowest BCUT2D eigenvalue weighted by Gasteiger charge is -2.43. The third-order valence-electron chi connectivity index (χ3n) is 4.56. The summed E-state index contributed by atoms with van der Waals surface area (Å²) in [5.41, 5.74) is 5.21. The molecule has 18 heavy (non-hydrogen) atoms. The second-order valence-electron chi connectivity index (χ2n) is 5.79. The van der Waals surface area contributed by atoms with E-state index in [2.05, 4.69) is 17.1 Å². The Bertz CT molecular complexity index is 299. The average Bonchev–Trinajstić information content (AvgIpc) is 3.15. The third-order valence-corrected chi connectivity index (χ3v) is 4.56. The molecule has 2 rings (SSSR count). The maximum absolute atomic E-state index is 11.8. The van der Waals surface area contributed by atoms with Gasteiger partial charge in [-0.15, -0.1) is 0 Å². The number of nitrogens with one attached hydrogen (secondary N) is 1. The molecule has 104 valence electrons. The fourth-order valence-corrected chi connectivity index (χ4v) is 3.56. The van der Waals surface area contributed by atoms with Crippen molar-refractivity contribution in [3.63, 3.8) is 0 Å². The van der Waals surface area contributed by atoms with E-state index >= 15 is 0 Å². The van der Waals surface area contributed by atoms with Crippen LogP contribution in [0.5, 0.6) is 0 Å². The lowest BCUT2D eigenvalue weighted by atomic mass is 9.77. The van der Waals surface area contributed by atoms with E-state index in [4.69, 9.17) is 5.73 Å². The van der Waals surface area contributed by atoms with Crippen molar-refractivity contribution in [1.82, 2.24) is 10.2 Å². The first kappa shape index (κ1) is 13.8. The highest BCUT2D eigenvalue weighted by atomic mass is 16.1. The zero-order valence-electron chi connectivity index (χ0n) is 11.7. The SMILES string of the molecule is CCNC1(C(N)=O)CCCC(N(CC)C2CC2)C1. The molecule has 2 aliphatic carbocycles. The molecule has 0 bridgehead atoms. The Balaban J connectivity index is 2.07. The van der Waals surface area contributed by atoms with E-state index in [-0.39, 0.29) is 5.91 Å². The molecular weight excluding hydrogens is 226 g/mol. The molecule has 2 saturated carbocycles. The van der Waals surface area contributed by atoms with Gasteiger partial charge < -0.3 is 11.1 Å². The quantitative estimate of drug-likeness (QED) is 0.749. The summed E-state index contributed by atoms with van der Waals surface area (Å²) < 4.78 is 0. The number of likely N-dealkylation sites (N-methyl/N-ethyl adjacent to an activating group) is 1. The van der Waals surface area contributed by atoms with Gasteiger partial charge in [-0.05, 0) is 51.6 Å². The first-order valence-electron chi connectivity index (χ1n) is 7.43. The van der Waals surface area contributed by atoms with Crippen molar-refractivity contribution < 1.29 is 4.79 Å². The summed E-state index contributed by atoms with van der Waals surface area (Å²) in [7, 11) is 0. The highest BCUT2D eigenvalue weighted by Crippen LogP contribution is 2.36. The van der Waals surface area contributed by atoms with Gasteiger partial charge in [-0.25, -0.2) is 0 Å². The van der Waals surface area contributed by atoms with Crippen LogP contribution < -0.4 is 11.1 Å². The summed E-state index contributed by atoms with van der Waals surface area (Å²) in [6.07, 6.45) is 6.76. The maximum atomic E-state index is 11.8. The molecule has 0 heterocycles. The monoisotopic (exact) mass is 253 g/mol. The molecule has 2 unspecified atom stereocenters. The standard InChI is InChI=1S/C14H27N3O/c1-3-16-14(13(15)18)9-5-6-12(10-14)17(4-2)11-7-8-11/h11-12,16H,3-10H2,1-2H3,(H2,15,18). The summed E-state index contributed by atoms with van der Waals surface area (Å²) >= 11 is 0. The van der Waals surface area contributed by atoms with Gasteiger partial charge in [-0.3, -0.25) is 9.69 Å². The predicted molar refractivity (Wildman–Crippen MR) is 73.3 cm³/mol. The third kappa shape index (κ3) is 2.69. The predicted octanol–water partition coefficient (Wildman–Crippen LogP) is 1.25. The summed E-state index contributed by atoms with van der Waals surface area (Å²) in [5.74, 6) is -0.166. The Kier molecular flexibility index (Phi) is 4.28. The first-order chi connectivity index (χ1) is 8.63. The van der Waals surface area contributed by atoms with E-state index in [0.717, 1.165) is 38.4 Å². The molecule has 0 aromatic carbocycles. The molecular formula is C14H27N3O. The fraction of sp³-hybridized carbons (Fsp3) is 0.929. The molecule has 2 aliphatic rings. The van der Waals surface area contributed by atoms with E-state index in [1.807, 2.05) is 6.92 Å². The van der Waals surface area contributed by atoms with Crippen LogP contribution in [0.25, 0.3) is 0 Å². The highest BCUT2D eigenvalue weighted by molar-refractivity contribution is 5.84. The minimum Gasteiger partial charge on any atom is -0.368 e. The summed E-state index contributed by atoms with van der Waals surface area (Å²) in [5, 5.41) is 3.36. The van der Waals surface area contributed by atoms with Gasteiger partial charge in [0, 0.05) is 12.1 Å². The fourth-order valence-electron chi connectivity index (χ4n) is 3.56. The number of hydrogen-bond acceptors (Lipinski definition) is 3. The zero-order valence-corrected chi connectivity index (χ0v) is 11.7. The van der Waals surface area contributed by atoms with Crippen molar-refractivity contribution >= 4 is 5.91 Å². The maximum Gasteiger partial charge on any atom is 0.237 e. The molecule has 0 aliphatic heterocycles. The van der Waals surface area contributed by atoms with Crippen LogP contribution in [0.4, 0.5) is 0 Å². The molecule has 0 saturated heterocycles. The van der Waals surface area contributed by atoms with Crippen molar-refractivity contribution in [2.75, 3.05) is 13.1 Å². The second kappa shape index (κ2) is 5.57. The number of nitrogens with two attached hydrogens (primary N) is 1. The van der Waals surface area contributed by atoms with Crippen LogP contribution >= 0.6 is 0 Å². The number of carbonyl (C=O) groups is 1. The largest absolute Gasteiger partial charge is 0.368 e. The Morgan fingerprint density at radius 3 is 2.56 bits per heavy atom. The van der Waals surface area contributed by atoms with Crippen LogP contribution in [-0.4, -0.2) is 41.5 Å². The van der Waals surface area contributed by atoms with E-state index in [1.54, 1.807) is 0 Å². The van der Waals surface area contributed by atoms with Gasteiger partial charge in [-0.2, -0.15) is 0 Å². The highest BCUT2D eigenvalue weighted by Gasteiger charge is 2.44. The van der Waals surface area contributed by atoms with Crippen LogP contribution in [0.15, 0.2) is 0 Å². The molecule has 3 N–H and O–H groups in total. The molecule has 0 radical (unpaired) electrons. The van der Waals surface area contributed by atoms with Gasteiger partial charge in [0.05, 0.1) is 5.54 Å². The Labute approximate surface area is 110 Å². The average molecular weight is 253 g/mol. The van der Waals surface area contributed by atoms with Crippen molar-refractivity contribution in [2.24, 2.45) is 5.73 Å². The van der Waals surface area contributed by atoms with E-state index < -0.39 is 5.54 Å². The number of nitrogens with zero attached hydrogens (tertiary/aromatic N) is 1. The smallest absolute Gasteiger partial charge is 0.237 e. The van der Waals surface area contributed by atoms with Gasteiger partial charge >= 0.3 is 0 Å². The van der Waals surface area contributed by atoms with Crippen molar-refractivity contribution in [3.05, 3.63) is 0 Å². The lowest BCUT2D eigenvalue weighted by Crippen LogP contribution is -2.60. The number of carbonyl (C=O) groups excluding carboxylic acids is 1. The topological polar surface area (TPSA) is 58.4 Å². The molecule has 0 aromatic rings. The number of primary amides is 1. The zero-order chi connectivity index (χ0) is 13.2. The van der Waals surface area contributed by atoms with Gasteiger partial charge in [-0.1, -0.05) is 13.8 Å². The van der Waals surface area contributed by atoms with Gasteiger partial charge in [0.2, 0.25) is 5.91 Å². The molecule has 4 nitrogen and oxygen atoms in total. The molecule has 2 fully saturated rings. The number of rotatable bonds is 6. The Morgan fingerprint density at radius 2 is 2.06 bits per heavy atom. The summed E-state index contributed by atoms with van der Waals surface area (Å²) in [4.78, 5) is 14.4. The Morgan fingerprint density at radius 1 is 1.33 bits per heavy atom. The van der Waals surface area contributed by atoms with E-state index in [1.165, 1.54) is 19.3 Å². The minimum atomic E-state index is -0.458. The van der Waals surface area contributed by atoms with Crippen LogP contribution in [-0.2, 0) is 4.79 Å². The molecule has 1 amide bonds. The van der Waals surface area contributed by atoms with Gasteiger partial charge in [0.1, 0.15) is 0 Å². The van der Waals surface area contributed by atoms with E-state index in [9.17, 15) is 4.79 Å². The van der Waals surface area contributed by atoms with Gasteiger partial charge in [0.25, 0.3) is 0 Å². The number of hydrogen-bond donors (Lipinski definition) is 2. The van der Waals surface area contributed by atoms with Gasteiger partial charge in [0.15, 0.2) is 0 Å². The normalized spacial score (nSPS) is 32.7. The molecule has 4 heteroatoms. The van der Waals surface area contributed by atoms with Crippen molar-refractivity contribution in [3.8, 4) is 0 Å². The van der Waals surface area contributed by atoms with Crippen LogP contribution in [0, 0.1) is 0 Å². The summed E-state index contributed by atoms with van der Waals surface area (Å²) in [6, 6.07) is 1.30. The lowest BCUT2D eigenvalue weighted by molar-refractivity contribution is -0.126. The van der Waals surface area contributed by atoms with Crippen LogP contribution in [0.1, 0.15) is 52.4 Å². The summed E-state index contributed by atoms with van der Waals surface area (Å²) in [6.45, 7) is 6.18. The van der Waals surface area contributed by atoms with Crippen LogP contribution in [0.3, 0.4) is 0 Å².